The largest absolute Gasteiger partial charge is 0.389 e. The van der Waals surface area contributed by atoms with Crippen LogP contribution in [0.15, 0.2) is 0 Å². The fraction of sp³-hybridized carbons (Fsp3) is 1.00. The number of β-amino-alcohol motifs (C(OH)–C–C–N with tert-alkyl or cyclic N) is 1. The first-order valence-corrected chi connectivity index (χ1v) is 9.82. The Bertz CT molecular complexity index is 334. The summed E-state index contributed by atoms with van der Waals surface area (Å²) in [5.41, 5.74) is 0.422. The number of aliphatic hydroxyl groups is 1. The molecule has 0 aromatic carbocycles. The second kappa shape index (κ2) is 8.31. The van der Waals surface area contributed by atoms with Crippen LogP contribution in [0.4, 0.5) is 0 Å². The average molecular weight is 326 g/mol. The maximum atomic E-state index is 10.4. The Morgan fingerprint density at radius 1 is 1.00 bits per heavy atom. The molecule has 0 spiro atoms. The van der Waals surface area contributed by atoms with Crippen LogP contribution in [0, 0.1) is 11.3 Å². The second-order valence-corrected chi connectivity index (χ2v) is 9.15. The molecule has 1 heterocycles. The Hall–Kier alpha value is -0.120. The molecule has 1 saturated carbocycles. The van der Waals surface area contributed by atoms with Gasteiger partial charge in [0.2, 0.25) is 0 Å². The van der Waals surface area contributed by atoms with Gasteiger partial charge in [0.05, 0.1) is 18.8 Å². The SMILES string of the molecule is C[C@H]1CCC[C@H](C)N1C[C@@H](O)COC1CCC(C(C)(C)C)CC1. The average Bonchev–Trinajstić information content (AvgIpc) is 2.48. The molecule has 0 aromatic rings. The molecule has 1 aliphatic carbocycles. The molecule has 23 heavy (non-hydrogen) atoms. The molecule has 1 saturated heterocycles. The highest BCUT2D eigenvalue weighted by atomic mass is 16.5. The topological polar surface area (TPSA) is 32.7 Å². The zero-order chi connectivity index (χ0) is 17.0. The van der Waals surface area contributed by atoms with Crippen LogP contribution in [0.5, 0.6) is 0 Å². The van der Waals surface area contributed by atoms with Gasteiger partial charge in [-0.05, 0) is 63.7 Å². The van der Waals surface area contributed by atoms with Crippen LogP contribution in [0.25, 0.3) is 0 Å². The van der Waals surface area contributed by atoms with Crippen molar-refractivity contribution in [1.29, 1.82) is 0 Å². The summed E-state index contributed by atoms with van der Waals surface area (Å²) in [6.45, 7) is 12.9. The van der Waals surface area contributed by atoms with Gasteiger partial charge >= 0.3 is 0 Å². The van der Waals surface area contributed by atoms with Crippen LogP contribution in [-0.2, 0) is 4.74 Å². The number of piperidine rings is 1. The number of nitrogens with zero attached hydrogens (tertiary/aromatic N) is 1. The van der Waals surface area contributed by atoms with Gasteiger partial charge in [-0.2, -0.15) is 0 Å². The summed E-state index contributed by atoms with van der Waals surface area (Å²) in [7, 11) is 0. The molecule has 0 bridgehead atoms. The summed E-state index contributed by atoms with van der Waals surface area (Å²) >= 11 is 0. The first kappa shape index (κ1) is 19.2. The molecule has 136 valence electrons. The zero-order valence-electron chi connectivity index (χ0n) is 16.1. The smallest absolute Gasteiger partial charge is 0.0900 e. The lowest BCUT2D eigenvalue weighted by molar-refractivity contribution is -0.0536. The van der Waals surface area contributed by atoms with Gasteiger partial charge in [-0.15, -0.1) is 0 Å². The highest BCUT2D eigenvalue weighted by Gasteiger charge is 2.31. The third-order valence-electron chi connectivity index (χ3n) is 6.22. The summed E-state index contributed by atoms with van der Waals surface area (Å²) in [4.78, 5) is 2.47. The van der Waals surface area contributed by atoms with E-state index in [1.54, 1.807) is 0 Å². The first-order valence-electron chi connectivity index (χ1n) is 9.82. The summed E-state index contributed by atoms with van der Waals surface area (Å²) in [5, 5.41) is 10.4. The predicted octanol–water partition coefficient (Wildman–Crippen LogP) is 4.23. The molecule has 1 aliphatic heterocycles. The molecular formula is C20H39NO2. The van der Waals surface area contributed by atoms with Crippen LogP contribution in [0.1, 0.15) is 79.6 Å². The summed E-state index contributed by atoms with van der Waals surface area (Å²) < 4.78 is 6.04. The molecule has 2 rings (SSSR count). The van der Waals surface area contributed by atoms with Crippen molar-refractivity contribution in [3.8, 4) is 0 Å². The minimum Gasteiger partial charge on any atom is -0.389 e. The van der Waals surface area contributed by atoms with Gasteiger partial charge in [0, 0.05) is 18.6 Å². The maximum Gasteiger partial charge on any atom is 0.0900 e. The van der Waals surface area contributed by atoms with Crippen molar-refractivity contribution in [3.05, 3.63) is 0 Å². The third-order valence-corrected chi connectivity index (χ3v) is 6.22. The molecule has 0 unspecified atom stereocenters. The Kier molecular flexibility index (Phi) is 6.94. The molecule has 2 aliphatic rings. The molecule has 3 nitrogen and oxygen atoms in total. The van der Waals surface area contributed by atoms with Crippen LogP contribution in [-0.4, -0.2) is 47.4 Å². The Balaban J connectivity index is 1.68. The van der Waals surface area contributed by atoms with Gasteiger partial charge in [0.25, 0.3) is 0 Å². The van der Waals surface area contributed by atoms with E-state index in [0.717, 1.165) is 25.3 Å². The molecule has 3 heteroatoms. The van der Waals surface area contributed by atoms with Crippen LogP contribution < -0.4 is 0 Å². The summed E-state index contributed by atoms with van der Waals surface area (Å²) in [5.74, 6) is 0.822. The number of aliphatic hydroxyl groups excluding tert-OH is 1. The number of likely N-dealkylation sites (tertiary alicyclic amines) is 1. The zero-order valence-corrected chi connectivity index (χ0v) is 16.1. The minimum atomic E-state index is -0.349. The Morgan fingerprint density at radius 3 is 2.09 bits per heavy atom. The van der Waals surface area contributed by atoms with Crippen molar-refractivity contribution in [2.24, 2.45) is 11.3 Å². The number of hydrogen-bond donors (Lipinski definition) is 1. The van der Waals surface area contributed by atoms with E-state index in [1.165, 1.54) is 32.1 Å². The molecule has 0 aromatic heterocycles. The van der Waals surface area contributed by atoms with E-state index in [1.807, 2.05) is 0 Å². The Morgan fingerprint density at radius 2 is 1.57 bits per heavy atom. The number of ether oxygens (including phenoxy) is 1. The van der Waals surface area contributed by atoms with E-state index in [9.17, 15) is 5.11 Å². The summed E-state index contributed by atoms with van der Waals surface area (Å²) in [6, 6.07) is 1.19. The minimum absolute atomic E-state index is 0.349. The van der Waals surface area contributed by atoms with Crippen LogP contribution in [0.2, 0.25) is 0 Å². The quantitative estimate of drug-likeness (QED) is 0.821. The third kappa shape index (κ3) is 5.72. The summed E-state index contributed by atoms with van der Waals surface area (Å²) in [6.07, 6.45) is 8.70. The fourth-order valence-electron chi connectivity index (χ4n) is 4.47. The lowest BCUT2D eigenvalue weighted by atomic mass is 9.72. The van der Waals surface area contributed by atoms with E-state index in [2.05, 4.69) is 39.5 Å². The highest BCUT2D eigenvalue weighted by molar-refractivity contribution is 4.83. The molecule has 0 amide bonds. The Labute approximate surface area is 143 Å². The molecule has 3 atom stereocenters. The first-order chi connectivity index (χ1) is 10.8. The van der Waals surface area contributed by atoms with E-state index in [0.29, 0.717) is 30.2 Å². The van der Waals surface area contributed by atoms with Gasteiger partial charge in [-0.1, -0.05) is 27.2 Å². The van der Waals surface area contributed by atoms with E-state index < -0.39 is 0 Å². The number of hydrogen-bond acceptors (Lipinski definition) is 3. The van der Waals surface area contributed by atoms with Crippen molar-refractivity contribution < 1.29 is 9.84 Å². The van der Waals surface area contributed by atoms with Gasteiger partial charge in [0.15, 0.2) is 0 Å². The standard InChI is InChI=1S/C20H39NO2/c1-15-7-6-8-16(2)21(15)13-18(22)14-23-19-11-9-17(10-12-19)20(3,4)5/h15-19,22H,6-14H2,1-5H3/t15-,16-,17?,18+,19?/m0/s1. The van der Waals surface area contributed by atoms with Crippen molar-refractivity contribution in [1.82, 2.24) is 4.90 Å². The van der Waals surface area contributed by atoms with E-state index in [-0.39, 0.29) is 6.10 Å². The number of rotatable bonds is 5. The van der Waals surface area contributed by atoms with Crippen molar-refractivity contribution >= 4 is 0 Å². The maximum absolute atomic E-state index is 10.4. The predicted molar refractivity (Wildman–Crippen MR) is 96.6 cm³/mol. The highest BCUT2D eigenvalue weighted by Crippen LogP contribution is 2.38. The van der Waals surface area contributed by atoms with Crippen LogP contribution in [0.3, 0.4) is 0 Å². The normalized spacial score (nSPS) is 35.2. The van der Waals surface area contributed by atoms with Gasteiger partial charge in [-0.3, -0.25) is 4.90 Å². The lowest BCUT2D eigenvalue weighted by Gasteiger charge is -2.40. The molecule has 2 fully saturated rings. The van der Waals surface area contributed by atoms with Crippen molar-refractivity contribution in [2.45, 2.75) is 104 Å². The molecular weight excluding hydrogens is 286 g/mol. The van der Waals surface area contributed by atoms with Crippen molar-refractivity contribution in [2.75, 3.05) is 13.2 Å². The van der Waals surface area contributed by atoms with Gasteiger partial charge in [-0.25, -0.2) is 0 Å². The molecule has 0 radical (unpaired) electrons. The second-order valence-electron chi connectivity index (χ2n) is 9.15. The van der Waals surface area contributed by atoms with Gasteiger partial charge < -0.3 is 9.84 Å². The fourth-order valence-corrected chi connectivity index (χ4v) is 4.47. The molecule has 1 N–H and O–H groups in total. The van der Waals surface area contributed by atoms with Crippen LogP contribution >= 0.6 is 0 Å². The van der Waals surface area contributed by atoms with Crippen molar-refractivity contribution in [3.63, 3.8) is 0 Å². The van der Waals surface area contributed by atoms with Gasteiger partial charge in [0.1, 0.15) is 0 Å². The lowest BCUT2D eigenvalue weighted by Crippen LogP contribution is -2.48. The van der Waals surface area contributed by atoms with E-state index >= 15 is 0 Å². The van der Waals surface area contributed by atoms with E-state index in [4.69, 9.17) is 4.74 Å². The monoisotopic (exact) mass is 325 g/mol.